The molecule has 1 aromatic rings. The summed E-state index contributed by atoms with van der Waals surface area (Å²) in [5.41, 5.74) is 6.35. The summed E-state index contributed by atoms with van der Waals surface area (Å²) in [4.78, 5) is 2.25. The van der Waals surface area contributed by atoms with Gasteiger partial charge in [0, 0.05) is 24.3 Å². The molecule has 1 atom stereocenters. The monoisotopic (exact) mass is 264 g/mol. The van der Waals surface area contributed by atoms with Crippen molar-refractivity contribution in [2.75, 3.05) is 25.9 Å². The Morgan fingerprint density at radius 2 is 2.16 bits per heavy atom. The number of nitrogens with two attached hydrogens (primary N) is 1. The first-order valence-electron chi connectivity index (χ1n) is 7.02. The van der Waals surface area contributed by atoms with E-state index in [4.69, 9.17) is 10.5 Å². The summed E-state index contributed by atoms with van der Waals surface area (Å²) in [6.07, 6.45) is 4.65. The molecule has 1 saturated carbocycles. The molecule has 0 aliphatic heterocycles. The van der Waals surface area contributed by atoms with Gasteiger partial charge in [0.1, 0.15) is 18.5 Å². The quantitative estimate of drug-likeness (QED) is 0.770. The zero-order valence-electron chi connectivity index (χ0n) is 11.6. The van der Waals surface area contributed by atoms with Gasteiger partial charge in [-0.25, -0.2) is 0 Å². The van der Waals surface area contributed by atoms with E-state index in [-0.39, 0.29) is 0 Å². The SMILES string of the molecule is CN(CC(O)COc1cccc(N)c1)C1CCCC1. The lowest BCUT2D eigenvalue weighted by molar-refractivity contribution is 0.0639. The number of aliphatic hydroxyl groups excluding tert-OH is 1. The largest absolute Gasteiger partial charge is 0.491 e. The van der Waals surface area contributed by atoms with E-state index in [0.29, 0.717) is 30.6 Å². The number of hydrogen-bond acceptors (Lipinski definition) is 4. The van der Waals surface area contributed by atoms with Crippen LogP contribution < -0.4 is 10.5 Å². The molecule has 0 saturated heterocycles. The summed E-state index contributed by atoms with van der Waals surface area (Å²) in [6, 6.07) is 7.91. The Labute approximate surface area is 115 Å². The predicted octanol–water partition coefficient (Wildman–Crippen LogP) is 1.88. The lowest BCUT2D eigenvalue weighted by Gasteiger charge is -2.26. The first kappa shape index (κ1) is 14.2. The van der Waals surface area contributed by atoms with Gasteiger partial charge in [0.2, 0.25) is 0 Å². The minimum absolute atomic E-state index is 0.306. The van der Waals surface area contributed by atoms with Gasteiger partial charge in [-0.2, -0.15) is 0 Å². The van der Waals surface area contributed by atoms with Crippen LogP contribution in [0.2, 0.25) is 0 Å². The Morgan fingerprint density at radius 1 is 1.42 bits per heavy atom. The van der Waals surface area contributed by atoms with Crippen LogP contribution in [0.5, 0.6) is 5.75 Å². The third-order valence-corrected chi connectivity index (χ3v) is 3.75. The van der Waals surface area contributed by atoms with Crippen molar-refractivity contribution in [3.63, 3.8) is 0 Å². The Bertz CT molecular complexity index is 391. The molecule has 0 bridgehead atoms. The number of anilines is 1. The van der Waals surface area contributed by atoms with E-state index in [2.05, 4.69) is 11.9 Å². The molecule has 0 aromatic heterocycles. The van der Waals surface area contributed by atoms with Crippen LogP contribution in [0.15, 0.2) is 24.3 Å². The van der Waals surface area contributed by atoms with Gasteiger partial charge < -0.3 is 20.5 Å². The molecule has 1 aliphatic carbocycles. The highest BCUT2D eigenvalue weighted by Gasteiger charge is 2.21. The third-order valence-electron chi connectivity index (χ3n) is 3.75. The smallest absolute Gasteiger partial charge is 0.121 e. The Kier molecular flexibility index (Phi) is 5.05. The topological polar surface area (TPSA) is 58.7 Å². The summed E-state index contributed by atoms with van der Waals surface area (Å²) in [5.74, 6) is 0.711. The highest BCUT2D eigenvalue weighted by Crippen LogP contribution is 2.22. The van der Waals surface area contributed by atoms with Gasteiger partial charge in [-0.05, 0) is 32.0 Å². The minimum atomic E-state index is -0.466. The third kappa shape index (κ3) is 4.40. The molecule has 0 heterocycles. The molecule has 1 fully saturated rings. The van der Waals surface area contributed by atoms with Crippen LogP contribution in [-0.2, 0) is 0 Å². The van der Waals surface area contributed by atoms with Crippen molar-refractivity contribution in [3.05, 3.63) is 24.3 Å². The molecule has 4 heteroatoms. The number of ether oxygens (including phenoxy) is 1. The highest BCUT2D eigenvalue weighted by molar-refractivity contribution is 5.43. The standard InChI is InChI=1S/C15H24N2O2/c1-17(13-6-2-3-7-13)10-14(18)11-19-15-8-4-5-12(16)9-15/h4-5,8-9,13-14,18H,2-3,6-7,10-11,16H2,1H3. The summed E-state index contributed by atoms with van der Waals surface area (Å²) < 4.78 is 5.56. The maximum atomic E-state index is 10.0. The average molecular weight is 264 g/mol. The fraction of sp³-hybridized carbons (Fsp3) is 0.600. The molecule has 1 aromatic carbocycles. The maximum Gasteiger partial charge on any atom is 0.121 e. The Hall–Kier alpha value is -1.26. The summed E-state index contributed by atoms with van der Waals surface area (Å²) in [5, 5.41) is 10.0. The van der Waals surface area contributed by atoms with Crippen LogP contribution in [0.25, 0.3) is 0 Å². The highest BCUT2D eigenvalue weighted by atomic mass is 16.5. The van der Waals surface area contributed by atoms with Crippen molar-refractivity contribution >= 4 is 5.69 Å². The molecule has 19 heavy (non-hydrogen) atoms. The van der Waals surface area contributed by atoms with Crippen molar-refractivity contribution < 1.29 is 9.84 Å². The molecule has 0 amide bonds. The van der Waals surface area contributed by atoms with Crippen molar-refractivity contribution in [2.24, 2.45) is 0 Å². The number of hydrogen-bond donors (Lipinski definition) is 2. The lowest BCUT2D eigenvalue weighted by atomic mass is 10.2. The maximum absolute atomic E-state index is 10.0. The predicted molar refractivity (Wildman–Crippen MR) is 77.2 cm³/mol. The second-order valence-electron chi connectivity index (χ2n) is 5.42. The van der Waals surface area contributed by atoms with Gasteiger partial charge in [-0.3, -0.25) is 0 Å². The van der Waals surface area contributed by atoms with Gasteiger partial charge in [0.05, 0.1) is 0 Å². The van der Waals surface area contributed by atoms with E-state index in [1.54, 1.807) is 6.07 Å². The molecule has 4 nitrogen and oxygen atoms in total. The molecular weight excluding hydrogens is 240 g/mol. The van der Waals surface area contributed by atoms with E-state index < -0.39 is 6.10 Å². The summed E-state index contributed by atoms with van der Waals surface area (Å²) in [6.45, 7) is 0.966. The van der Waals surface area contributed by atoms with Gasteiger partial charge in [-0.1, -0.05) is 18.9 Å². The van der Waals surface area contributed by atoms with Crippen LogP contribution in [0.1, 0.15) is 25.7 Å². The van der Waals surface area contributed by atoms with E-state index >= 15 is 0 Å². The minimum Gasteiger partial charge on any atom is -0.491 e. The fourth-order valence-corrected chi connectivity index (χ4v) is 2.68. The summed E-state index contributed by atoms with van der Waals surface area (Å²) >= 11 is 0. The van der Waals surface area contributed by atoms with Crippen LogP contribution in [0, 0.1) is 0 Å². The van der Waals surface area contributed by atoms with Crippen molar-refractivity contribution in [1.29, 1.82) is 0 Å². The zero-order valence-corrected chi connectivity index (χ0v) is 11.6. The van der Waals surface area contributed by atoms with Crippen LogP contribution in [0.4, 0.5) is 5.69 Å². The Morgan fingerprint density at radius 3 is 2.84 bits per heavy atom. The molecule has 1 aliphatic rings. The Balaban J connectivity index is 1.73. The van der Waals surface area contributed by atoms with Crippen LogP contribution in [-0.4, -0.2) is 42.4 Å². The number of aliphatic hydroxyl groups is 1. The number of likely N-dealkylation sites (N-methyl/N-ethyl adjacent to an activating group) is 1. The molecule has 0 radical (unpaired) electrons. The average Bonchev–Trinajstić information content (AvgIpc) is 2.90. The molecule has 1 unspecified atom stereocenters. The fourth-order valence-electron chi connectivity index (χ4n) is 2.68. The van der Waals surface area contributed by atoms with Crippen LogP contribution in [0.3, 0.4) is 0 Å². The van der Waals surface area contributed by atoms with Crippen LogP contribution >= 0.6 is 0 Å². The van der Waals surface area contributed by atoms with Crippen molar-refractivity contribution in [1.82, 2.24) is 4.90 Å². The molecule has 3 N–H and O–H groups in total. The number of nitrogen functional groups attached to an aromatic ring is 1. The number of rotatable bonds is 6. The molecule has 106 valence electrons. The van der Waals surface area contributed by atoms with E-state index in [0.717, 1.165) is 0 Å². The molecule has 0 spiro atoms. The molecule has 2 rings (SSSR count). The first-order valence-corrected chi connectivity index (χ1v) is 7.02. The van der Waals surface area contributed by atoms with Crippen molar-refractivity contribution in [3.8, 4) is 5.75 Å². The van der Waals surface area contributed by atoms with E-state index in [1.807, 2.05) is 18.2 Å². The summed E-state index contributed by atoms with van der Waals surface area (Å²) in [7, 11) is 2.08. The first-order chi connectivity index (χ1) is 9.15. The van der Waals surface area contributed by atoms with Crippen molar-refractivity contribution in [2.45, 2.75) is 37.8 Å². The van der Waals surface area contributed by atoms with E-state index in [1.165, 1.54) is 25.7 Å². The number of benzene rings is 1. The number of nitrogens with zero attached hydrogens (tertiary/aromatic N) is 1. The van der Waals surface area contributed by atoms with Gasteiger partial charge in [0.15, 0.2) is 0 Å². The van der Waals surface area contributed by atoms with Gasteiger partial charge in [-0.15, -0.1) is 0 Å². The second-order valence-corrected chi connectivity index (χ2v) is 5.42. The second kappa shape index (κ2) is 6.78. The normalized spacial score (nSPS) is 17.8. The zero-order chi connectivity index (χ0) is 13.7. The van der Waals surface area contributed by atoms with E-state index in [9.17, 15) is 5.11 Å². The lowest BCUT2D eigenvalue weighted by Crippen LogP contribution is -2.38. The van der Waals surface area contributed by atoms with Gasteiger partial charge in [0.25, 0.3) is 0 Å². The van der Waals surface area contributed by atoms with Gasteiger partial charge >= 0.3 is 0 Å². The molecular formula is C15H24N2O2.